The van der Waals surface area contributed by atoms with E-state index < -0.39 is 0 Å². The van der Waals surface area contributed by atoms with E-state index in [0.29, 0.717) is 11.7 Å². The minimum Gasteiger partial charge on any atom is -0.492 e. The number of pyridine rings is 1. The Bertz CT molecular complexity index is 552. The van der Waals surface area contributed by atoms with Crippen LogP contribution in [0.5, 0.6) is 5.75 Å². The summed E-state index contributed by atoms with van der Waals surface area (Å²) >= 11 is 0. The average Bonchev–Trinajstić information content (AvgIpc) is 2.90. The lowest BCUT2D eigenvalue weighted by molar-refractivity contribution is 0.198. The van der Waals surface area contributed by atoms with Gasteiger partial charge < -0.3 is 15.4 Å². The lowest BCUT2D eigenvalue weighted by Crippen LogP contribution is -2.30. The van der Waals surface area contributed by atoms with E-state index in [0.717, 1.165) is 18.9 Å². The number of fused-ring (bicyclic) bond motifs is 1. The summed E-state index contributed by atoms with van der Waals surface area (Å²) in [4.78, 5) is 6.45. The molecule has 2 N–H and O–H groups in total. The molecule has 0 saturated carbocycles. The quantitative estimate of drug-likeness (QED) is 0.868. The number of rotatable bonds is 3. The molecule has 96 valence electrons. The van der Waals surface area contributed by atoms with Crippen molar-refractivity contribution in [2.24, 2.45) is 0 Å². The van der Waals surface area contributed by atoms with Gasteiger partial charge in [0.2, 0.25) is 5.95 Å². The number of hydrogen-bond acceptors (Lipinski definition) is 5. The summed E-state index contributed by atoms with van der Waals surface area (Å²) in [6.45, 7) is 1.88. The van der Waals surface area contributed by atoms with Crippen molar-refractivity contribution >= 4 is 11.6 Å². The normalized spacial score (nSPS) is 20.6. The summed E-state index contributed by atoms with van der Waals surface area (Å²) in [7, 11) is 2.14. The van der Waals surface area contributed by atoms with Crippen molar-refractivity contribution in [1.29, 1.82) is 0 Å². The second-order valence-corrected chi connectivity index (χ2v) is 4.72. The molecule has 2 aromatic rings. The largest absolute Gasteiger partial charge is 0.492 e. The third-order valence-corrected chi connectivity index (χ3v) is 3.44. The van der Waals surface area contributed by atoms with E-state index in [1.54, 1.807) is 4.52 Å². The van der Waals surface area contributed by atoms with E-state index in [1.807, 2.05) is 18.3 Å². The Morgan fingerprint density at radius 3 is 3.22 bits per heavy atom. The highest BCUT2D eigenvalue weighted by molar-refractivity contribution is 5.46. The summed E-state index contributed by atoms with van der Waals surface area (Å²) in [6.07, 6.45) is 4.27. The topological polar surface area (TPSA) is 68.7 Å². The minimum absolute atomic E-state index is 0.280. The number of aromatic nitrogens is 3. The number of likely N-dealkylation sites (tertiary alicyclic amines) is 1. The molecule has 0 spiro atoms. The van der Waals surface area contributed by atoms with Gasteiger partial charge in [-0.25, -0.2) is 4.52 Å². The molecular formula is C12H17N5O. The van der Waals surface area contributed by atoms with Crippen molar-refractivity contribution in [3.05, 3.63) is 18.3 Å². The predicted molar refractivity (Wildman–Crippen MR) is 68.5 cm³/mol. The Morgan fingerprint density at radius 2 is 2.44 bits per heavy atom. The zero-order valence-electron chi connectivity index (χ0n) is 10.4. The summed E-state index contributed by atoms with van der Waals surface area (Å²) in [5.74, 6) is 1.10. The highest BCUT2D eigenvalue weighted by Gasteiger charge is 2.21. The molecule has 3 rings (SSSR count). The molecule has 1 saturated heterocycles. The first-order chi connectivity index (χ1) is 8.72. The molecule has 0 bridgehead atoms. The number of nitrogens with zero attached hydrogens (tertiary/aromatic N) is 4. The number of likely N-dealkylation sites (N-methyl/N-ethyl adjacent to an activating group) is 1. The molecule has 2 aromatic heterocycles. The van der Waals surface area contributed by atoms with Crippen LogP contribution < -0.4 is 10.5 Å². The summed E-state index contributed by atoms with van der Waals surface area (Å²) in [6, 6.07) is 4.26. The molecule has 18 heavy (non-hydrogen) atoms. The monoisotopic (exact) mass is 247 g/mol. The van der Waals surface area contributed by atoms with E-state index in [-0.39, 0.29) is 5.95 Å². The van der Waals surface area contributed by atoms with E-state index in [2.05, 4.69) is 22.0 Å². The van der Waals surface area contributed by atoms with Crippen LogP contribution in [0.1, 0.15) is 12.8 Å². The van der Waals surface area contributed by atoms with Crippen LogP contribution in [-0.2, 0) is 0 Å². The van der Waals surface area contributed by atoms with Gasteiger partial charge in [-0.2, -0.15) is 4.98 Å². The van der Waals surface area contributed by atoms with Crippen molar-refractivity contribution < 1.29 is 4.74 Å². The minimum atomic E-state index is 0.280. The van der Waals surface area contributed by atoms with Crippen LogP contribution in [0, 0.1) is 0 Å². The molecule has 0 radical (unpaired) electrons. The van der Waals surface area contributed by atoms with Crippen LogP contribution in [0.25, 0.3) is 5.65 Å². The zero-order chi connectivity index (χ0) is 12.5. The van der Waals surface area contributed by atoms with Gasteiger partial charge in [0, 0.05) is 18.3 Å². The second-order valence-electron chi connectivity index (χ2n) is 4.72. The summed E-state index contributed by atoms with van der Waals surface area (Å²) in [5.41, 5.74) is 6.25. The average molecular weight is 247 g/mol. The van der Waals surface area contributed by atoms with Gasteiger partial charge in [-0.15, -0.1) is 5.10 Å². The molecule has 0 aliphatic carbocycles. The van der Waals surface area contributed by atoms with Gasteiger partial charge in [-0.05, 0) is 32.5 Å². The van der Waals surface area contributed by atoms with Gasteiger partial charge in [0.05, 0.1) is 0 Å². The molecule has 1 atom stereocenters. The standard InChI is InChI=1S/C12H17N5O/c1-16-5-2-3-9(16)8-18-10-4-6-17-11(7-10)14-12(13)15-17/h4,6-7,9H,2-3,5,8H2,1H3,(H2,13,15). The summed E-state index contributed by atoms with van der Waals surface area (Å²) in [5, 5.41) is 4.02. The Labute approximate surface area is 105 Å². The first kappa shape index (κ1) is 11.3. The number of anilines is 1. The van der Waals surface area contributed by atoms with Crippen molar-refractivity contribution in [2.75, 3.05) is 25.9 Å². The third kappa shape index (κ3) is 2.11. The van der Waals surface area contributed by atoms with E-state index in [9.17, 15) is 0 Å². The van der Waals surface area contributed by atoms with E-state index in [4.69, 9.17) is 10.5 Å². The molecule has 0 amide bonds. The molecule has 6 heteroatoms. The Hall–Kier alpha value is -1.82. The zero-order valence-corrected chi connectivity index (χ0v) is 10.4. The van der Waals surface area contributed by atoms with Gasteiger partial charge in [0.15, 0.2) is 5.65 Å². The maximum absolute atomic E-state index is 5.81. The molecular weight excluding hydrogens is 230 g/mol. The van der Waals surface area contributed by atoms with Crippen LogP contribution in [-0.4, -0.2) is 45.7 Å². The fourth-order valence-electron chi connectivity index (χ4n) is 2.35. The van der Waals surface area contributed by atoms with Crippen molar-refractivity contribution in [2.45, 2.75) is 18.9 Å². The Kier molecular flexibility index (Phi) is 2.79. The molecule has 1 aliphatic rings. The van der Waals surface area contributed by atoms with Crippen LogP contribution in [0.4, 0.5) is 5.95 Å². The van der Waals surface area contributed by atoms with Crippen LogP contribution in [0.15, 0.2) is 18.3 Å². The lowest BCUT2D eigenvalue weighted by Gasteiger charge is -2.19. The van der Waals surface area contributed by atoms with E-state index >= 15 is 0 Å². The third-order valence-electron chi connectivity index (χ3n) is 3.44. The SMILES string of the molecule is CN1CCCC1COc1ccn2nc(N)nc2c1. The van der Waals surface area contributed by atoms with Gasteiger partial charge in [-0.3, -0.25) is 0 Å². The molecule has 0 aromatic carbocycles. The summed E-state index contributed by atoms with van der Waals surface area (Å²) < 4.78 is 7.46. The van der Waals surface area contributed by atoms with Gasteiger partial charge in [0.1, 0.15) is 12.4 Å². The molecule has 3 heterocycles. The first-order valence-electron chi connectivity index (χ1n) is 6.17. The smallest absolute Gasteiger partial charge is 0.240 e. The van der Waals surface area contributed by atoms with Gasteiger partial charge >= 0.3 is 0 Å². The van der Waals surface area contributed by atoms with Crippen LogP contribution in [0.3, 0.4) is 0 Å². The molecule has 1 fully saturated rings. The Morgan fingerprint density at radius 1 is 1.56 bits per heavy atom. The van der Waals surface area contributed by atoms with Crippen molar-refractivity contribution in [3.63, 3.8) is 0 Å². The number of nitrogens with two attached hydrogens (primary N) is 1. The maximum Gasteiger partial charge on any atom is 0.240 e. The number of hydrogen-bond donors (Lipinski definition) is 1. The number of nitrogen functional groups attached to an aromatic ring is 1. The van der Waals surface area contributed by atoms with Crippen molar-refractivity contribution in [3.8, 4) is 5.75 Å². The number of ether oxygens (including phenoxy) is 1. The second kappa shape index (κ2) is 4.45. The fraction of sp³-hybridized carbons (Fsp3) is 0.500. The highest BCUT2D eigenvalue weighted by atomic mass is 16.5. The van der Waals surface area contributed by atoms with Crippen molar-refractivity contribution in [1.82, 2.24) is 19.5 Å². The predicted octanol–water partition coefficient (Wildman–Crippen LogP) is 0.784. The molecule has 1 aliphatic heterocycles. The fourth-order valence-corrected chi connectivity index (χ4v) is 2.35. The maximum atomic E-state index is 5.81. The van der Waals surface area contributed by atoms with Gasteiger partial charge in [-0.1, -0.05) is 0 Å². The molecule has 6 nitrogen and oxygen atoms in total. The lowest BCUT2D eigenvalue weighted by atomic mass is 10.2. The van der Waals surface area contributed by atoms with Crippen LogP contribution in [0.2, 0.25) is 0 Å². The molecule has 1 unspecified atom stereocenters. The van der Waals surface area contributed by atoms with E-state index in [1.165, 1.54) is 12.8 Å². The highest BCUT2D eigenvalue weighted by Crippen LogP contribution is 2.18. The Balaban J connectivity index is 1.70. The van der Waals surface area contributed by atoms with Crippen LogP contribution >= 0.6 is 0 Å². The van der Waals surface area contributed by atoms with Gasteiger partial charge in [0.25, 0.3) is 0 Å². The first-order valence-corrected chi connectivity index (χ1v) is 6.17.